The first kappa shape index (κ1) is 22.9. The number of nitrogens with zero attached hydrogens (tertiary/aromatic N) is 1. The molecule has 8 heteroatoms. The van der Waals surface area contributed by atoms with E-state index in [0.29, 0.717) is 43.0 Å². The van der Waals surface area contributed by atoms with Crippen molar-refractivity contribution in [3.63, 3.8) is 0 Å². The molecule has 3 rings (SSSR count). The van der Waals surface area contributed by atoms with Gasteiger partial charge < -0.3 is 14.4 Å². The lowest BCUT2D eigenvalue weighted by Gasteiger charge is -2.30. The summed E-state index contributed by atoms with van der Waals surface area (Å²) in [6.07, 6.45) is 4.40. The fraction of sp³-hybridized carbons (Fsp3) is 0.292. The number of nitrogens with one attached hydrogen (secondary N) is 2. The van der Waals surface area contributed by atoms with Gasteiger partial charge in [-0.15, -0.1) is 0 Å². The Morgan fingerprint density at radius 1 is 0.938 bits per heavy atom. The normalized spacial score (nSPS) is 14.1. The number of hydrogen-bond donors (Lipinski definition) is 2. The second-order valence-corrected chi connectivity index (χ2v) is 7.36. The Balaban J connectivity index is 1.46. The van der Waals surface area contributed by atoms with Crippen molar-refractivity contribution in [2.75, 3.05) is 27.3 Å². The maximum Gasteiger partial charge on any atom is 0.269 e. The van der Waals surface area contributed by atoms with E-state index in [1.54, 1.807) is 29.2 Å². The van der Waals surface area contributed by atoms with Gasteiger partial charge in [0.2, 0.25) is 11.8 Å². The van der Waals surface area contributed by atoms with Crippen LogP contribution in [-0.2, 0) is 9.59 Å². The molecule has 0 atom stereocenters. The number of methoxy groups -OCH3 is 2. The van der Waals surface area contributed by atoms with Crippen LogP contribution in [0.3, 0.4) is 0 Å². The van der Waals surface area contributed by atoms with Crippen LogP contribution in [0.5, 0.6) is 11.5 Å². The smallest absolute Gasteiger partial charge is 0.269 e. The van der Waals surface area contributed by atoms with Crippen molar-refractivity contribution in [1.29, 1.82) is 0 Å². The molecule has 1 heterocycles. The van der Waals surface area contributed by atoms with Gasteiger partial charge in [0.25, 0.3) is 5.91 Å². The quantitative estimate of drug-likeness (QED) is 0.534. The van der Waals surface area contributed by atoms with Crippen LogP contribution in [-0.4, -0.2) is 49.9 Å². The maximum absolute atomic E-state index is 12.5. The number of hydrogen-bond acceptors (Lipinski definition) is 5. The van der Waals surface area contributed by atoms with Crippen molar-refractivity contribution in [3.8, 4) is 11.5 Å². The summed E-state index contributed by atoms with van der Waals surface area (Å²) in [5.41, 5.74) is 6.20. The zero-order chi connectivity index (χ0) is 22.9. The highest BCUT2D eigenvalue weighted by Gasteiger charge is 2.27. The van der Waals surface area contributed by atoms with Gasteiger partial charge in [-0.3, -0.25) is 25.2 Å². The van der Waals surface area contributed by atoms with Gasteiger partial charge in [-0.1, -0.05) is 30.3 Å². The topological polar surface area (TPSA) is 97.0 Å². The minimum absolute atomic E-state index is 0.0746. The molecule has 3 amide bonds. The van der Waals surface area contributed by atoms with E-state index in [0.717, 1.165) is 5.56 Å². The third-order valence-electron chi connectivity index (χ3n) is 5.34. The molecule has 2 N–H and O–H groups in total. The predicted molar refractivity (Wildman–Crippen MR) is 120 cm³/mol. The Hall–Kier alpha value is -3.81. The first-order chi connectivity index (χ1) is 15.5. The van der Waals surface area contributed by atoms with Crippen LogP contribution in [0, 0.1) is 5.92 Å². The number of piperidine rings is 1. The van der Waals surface area contributed by atoms with Crippen LogP contribution in [0.25, 0.3) is 6.08 Å². The molecule has 0 spiro atoms. The molecule has 0 aromatic heterocycles. The monoisotopic (exact) mass is 437 g/mol. The van der Waals surface area contributed by atoms with E-state index in [4.69, 9.17) is 9.47 Å². The summed E-state index contributed by atoms with van der Waals surface area (Å²) in [5.74, 6) is -0.154. The summed E-state index contributed by atoms with van der Waals surface area (Å²) >= 11 is 0. The van der Waals surface area contributed by atoms with Crippen LogP contribution in [0.4, 0.5) is 0 Å². The van der Waals surface area contributed by atoms with E-state index < -0.39 is 5.91 Å². The molecule has 0 radical (unpaired) electrons. The van der Waals surface area contributed by atoms with Gasteiger partial charge in [-0.25, -0.2) is 0 Å². The minimum atomic E-state index is -0.460. The zero-order valence-electron chi connectivity index (χ0n) is 18.2. The van der Waals surface area contributed by atoms with Crippen molar-refractivity contribution >= 4 is 23.8 Å². The standard InChI is InChI=1S/C24H27N3O5/c1-31-20-10-9-19(16-21(20)32-2)24(30)26-25-23(29)18-12-14-27(15-13-18)22(28)11-8-17-6-4-3-5-7-17/h3-11,16,18H,12-15H2,1-2H3,(H,25,29)(H,26,30)/b11-8+. The molecule has 0 aliphatic carbocycles. The van der Waals surface area contributed by atoms with E-state index in [2.05, 4.69) is 10.9 Å². The lowest BCUT2D eigenvalue weighted by molar-refractivity contribution is -0.132. The molecule has 32 heavy (non-hydrogen) atoms. The molecule has 168 valence electrons. The average molecular weight is 437 g/mol. The summed E-state index contributed by atoms with van der Waals surface area (Å²) in [7, 11) is 2.99. The number of carbonyl (C=O) groups is 3. The van der Waals surface area contributed by atoms with E-state index in [9.17, 15) is 14.4 Å². The van der Waals surface area contributed by atoms with Gasteiger partial charge in [0, 0.05) is 30.6 Å². The SMILES string of the molecule is COc1ccc(C(=O)NNC(=O)C2CCN(C(=O)/C=C/c3ccccc3)CC2)cc1OC. The van der Waals surface area contributed by atoms with Crippen molar-refractivity contribution in [2.24, 2.45) is 5.92 Å². The number of rotatable bonds is 6. The summed E-state index contributed by atoms with van der Waals surface area (Å²) in [5, 5.41) is 0. The summed E-state index contributed by atoms with van der Waals surface area (Å²) in [4.78, 5) is 38.9. The summed E-state index contributed by atoms with van der Waals surface area (Å²) in [6.45, 7) is 0.972. The second kappa shape index (κ2) is 11.0. The highest BCUT2D eigenvalue weighted by Crippen LogP contribution is 2.27. The molecular formula is C24H27N3O5. The van der Waals surface area contributed by atoms with E-state index >= 15 is 0 Å². The molecule has 2 aromatic carbocycles. The summed E-state index contributed by atoms with van der Waals surface area (Å²) in [6, 6.07) is 14.3. The maximum atomic E-state index is 12.5. The van der Waals surface area contributed by atoms with Gasteiger partial charge in [0.15, 0.2) is 11.5 Å². The Kier molecular flexibility index (Phi) is 7.85. The lowest BCUT2D eigenvalue weighted by atomic mass is 9.96. The predicted octanol–water partition coefficient (Wildman–Crippen LogP) is 2.42. The number of benzene rings is 2. The zero-order valence-corrected chi connectivity index (χ0v) is 18.2. The Bertz CT molecular complexity index is 982. The van der Waals surface area contributed by atoms with Gasteiger partial charge in [0.05, 0.1) is 14.2 Å². The summed E-state index contributed by atoms with van der Waals surface area (Å²) < 4.78 is 10.3. The van der Waals surface area contributed by atoms with Gasteiger partial charge in [-0.05, 0) is 42.7 Å². The van der Waals surface area contributed by atoms with E-state index in [1.807, 2.05) is 30.3 Å². The Labute approximate surface area is 187 Å². The van der Waals surface area contributed by atoms with Crippen LogP contribution in [0.1, 0.15) is 28.8 Å². The Morgan fingerprint density at radius 3 is 2.28 bits per heavy atom. The molecule has 1 aliphatic heterocycles. The van der Waals surface area contributed by atoms with Crippen LogP contribution in [0.15, 0.2) is 54.6 Å². The number of carbonyl (C=O) groups excluding carboxylic acids is 3. The van der Waals surface area contributed by atoms with Crippen LogP contribution < -0.4 is 20.3 Å². The number of likely N-dealkylation sites (tertiary alicyclic amines) is 1. The van der Waals surface area contributed by atoms with Crippen LogP contribution in [0.2, 0.25) is 0 Å². The molecular weight excluding hydrogens is 410 g/mol. The Morgan fingerprint density at radius 2 is 1.62 bits per heavy atom. The molecule has 1 saturated heterocycles. The molecule has 1 fully saturated rings. The fourth-order valence-electron chi connectivity index (χ4n) is 3.47. The lowest BCUT2D eigenvalue weighted by Crippen LogP contribution is -2.48. The van der Waals surface area contributed by atoms with Gasteiger partial charge in [-0.2, -0.15) is 0 Å². The van der Waals surface area contributed by atoms with Crippen molar-refractivity contribution in [2.45, 2.75) is 12.8 Å². The molecule has 0 saturated carbocycles. The van der Waals surface area contributed by atoms with Gasteiger partial charge >= 0.3 is 0 Å². The number of ether oxygens (including phenoxy) is 2. The molecule has 1 aliphatic rings. The largest absolute Gasteiger partial charge is 0.493 e. The van der Waals surface area contributed by atoms with Crippen molar-refractivity contribution in [3.05, 3.63) is 65.7 Å². The van der Waals surface area contributed by atoms with E-state index in [-0.39, 0.29) is 17.7 Å². The first-order valence-electron chi connectivity index (χ1n) is 10.4. The third kappa shape index (κ3) is 5.87. The molecule has 8 nitrogen and oxygen atoms in total. The fourth-order valence-corrected chi connectivity index (χ4v) is 3.47. The second-order valence-electron chi connectivity index (χ2n) is 7.36. The molecule has 0 unspecified atom stereocenters. The minimum Gasteiger partial charge on any atom is -0.493 e. The number of hydrazine groups is 1. The number of amides is 3. The van der Waals surface area contributed by atoms with Crippen LogP contribution >= 0.6 is 0 Å². The van der Waals surface area contributed by atoms with Gasteiger partial charge in [0.1, 0.15) is 0 Å². The van der Waals surface area contributed by atoms with Crippen molar-refractivity contribution in [1.82, 2.24) is 15.8 Å². The third-order valence-corrected chi connectivity index (χ3v) is 5.34. The highest BCUT2D eigenvalue weighted by molar-refractivity contribution is 5.96. The average Bonchev–Trinajstić information content (AvgIpc) is 2.85. The molecule has 0 bridgehead atoms. The highest BCUT2D eigenvalue weighted by atomic mass is 16.5. The van der Waals surface area contributed by atoms with E-state index in [1.165, 1.54) is 20.3 Å². The first-order valence-corrected chi connectivity index (χ1v) is 10.4. The van der Waals surface area contributed by atoms with Crippen molar-refractivity contribution < 1.29 is 23.9 Å². The molecule has 2 aromatic rings.